The van der Waals surface area contributed by atoms with Gasteiger partial charge in [-0.15, -0.1) is 0 Å². The normalized spacial score (nSPS) is 20.6. The van der Waals surface area contributed by atoms with Crippen molar-refractivity contribution in [2.75, 3.05) is 19.7 Å². The van der Waals surface area contributed by atoms with Crippen LogP contribution in [-0.4, -0.2) is 36.3 Å². The van der Waals surface area contributed by atoms with Gasteiger partial charge in [-0.2, -0.15) is 0 Å². The number of nitro groups is 1. The van der Waals surface area contributed by atoms with Crippen molar-refractivity contribution in [3.8, 4) is 0 Å². The summed E-state index contributed by atoms with van der Waals surface area (Å²) in [4.78, 5) is 22.0. The van der Waals surface area contributed by atoms with E-state index < -0.39 is 4.92 Å². The highest BCUT2D eigenvalue weighted by Gasteiger charge is 2.29. The number of amides is 2. The van der Waals surface area contributed by atoms with Crippen molar-refractivity contribution in [2.45, 2.75) is 31.8 Å². The Bertz CT molecular complexity index is 541. The molecule has 1 fully saturated rings. The third-order valence-corrected chi connectivity index (χ3v) is 3.74. The topological polar surface area (TPSA) is 93.5 Å². The summed E-state index contributed by atoms with van der Waals surface area (Å²) < 4.78 is 5.59. The Morgan fingerprint density at radius 1 is 1.45 bits per heavy atom. The van der Waals surface area contributed by atoms with Crippen LogP contribution in [0.25, 0.3) is 0 Å². The molecule has 7 heteroatoms. The zero-order valence-corrected chi connectivity index (χ0v) is 12.6. The molecule has 0 spiro atoms. The predicted octanol–water partition coefficient (Wildman–Crippen LogP) is 2.01. The van der Waals surface area contributed by atoms with Gasteiger partial charge in [0.2, 0.25) is 0 Å². The lowest BCUT2D eigenvalue weighted by molar-refractivity contribution is -0.384. The third-order valence-electron chi connectivity index (χ3n) is 3.74. The van der Waals surface area contributed by atoms with E-state index in [1.165, 1.54) is 12.1 Å². The van der Waals surface area contributed by atoms with E-state index in [-0.39, 0.29) is 17.3 Å². The molecule has 1 aromatic carbocycles. The van der Waals surface area contributed by atoms with E-state index in [4.69, 9.17) is 4.74 Å². The molecule has 120 valence electrons. The number of nitrogens with one attached hydrogen (secondary N) is 2. The number of ether oxygens (including phenoxy) is 1. The third kappa shape index (κ3) is 4.70. The van der Waals surface area contributed by atoms with Crippen LogP contribution in [-0.2, 0) is 11.2 Å². The molecule has 22 heavy (non-hydrogen) atoms. The number of nitro benzene ring substituents is 1. The number of urea groups is 1. The molecule has 0 radical (unpaired) electrons. The summed E-state index contributed by atoms with van der Waals surface area (Å²) in [5.41, 5.74) is 0.617. The Morgan fingerprint density at radius 3 is 2.95 bits per heavy atom. The van der Waals surface area contributed by atoms with E-state index in [1.807, 2.05) is 6.92 Å². The first-order chi connectivity index (χ1) is 10.5. The van der Waals surface area contributed by atoms with Crippen LogP contribution < -0.4 is 10.6 Å². The fraction of sp³-hybridized carbons (Fsp3) is 0.533. The molecule has 2 amide bonds. The number of hydrogen-bond donors (Lipinski definition) is 2. The highest BCUT2D eigenvalue weighted by molar-refractivity contribution is 5.73. The molecule has 2 N–H and O–H groups in total. The van der Waals surface area contributed by atoms with E-state index in [1.54, 1.807) is 12.1 Å². The van der Waals surface area contributed by atoms with Crippen LogP contribution in [0, 0.1) is 10.1 Å². The maximum atomic E-state index is 11.7. The van der Waals surface area contributed by atoms with Crippen molar-refractivity contribution < 1.29 is 14.5 Å². The molecule has 0 bridgehead atoms. The minimum atomic E-state index is -0.425. The van der Waals surface area contributed by atoms with Gasteiger partial charge in [0.15, 0.2) is 0 Å². The van der Waals surface area contributed by atoms with Gasteiger partial charge < -0.3 is 15.4 Å². The van der Waals surface area contributed by atoms with Crippen molar-refractivity contribution >= 4 is 11.7 Å². The van der Waals surface area contributed by atoms with Gasteiger partial charge in [-0.3, -0.25) is 10.1 Å². The number of rotatable bonds is 6. The highest BCUT2D eigenvalue weighted by atomic mass is 16.6. The Morgan fingerprint density at radius 2 is 2.27 bits per heavy atom. The summed E-state index contributed by atoms with van der Waals surface area (Å²) in [7, 11) is 0. The van der Waals surface area contributed by atoms with Crippen LogP contribution in [0.15, 0.2) is 24.3 Å². The monoisotopic (exact) mass is 307 g/mol. The Balaban J connectivity index is 1.70. The number of benzene rings is 1. The first-order valence-corrected chi connectivity index (χ1v) is 7.37. The van der Waals surface area contributed by atoms with Crippen molar-refractivity contribution in [3.63, 3.8) is 0 Å². The number of carbonyl (C=O) groups excluding carboxylic acids is 1. The van der Waals surface area contributed by atoms with Gasteiger partial charge in [-0.25, -0.2) is 4.79 Å². The second-order valence-corrected chi connectivity index (χ2v) is 5.69. The molecule has 2 rings (SSSR count). The number of non-ortho nitro benzene ring substituents is 1. The lowest BCUT2D eigenvalue weighted by Gasteiger charge is -2.23. The number of carbonyl (C=O) groups is 1. The average molecular weight is 307 g/mol. The van der Waals surface area contributed by atoms with Crippen molar-refractivity contribution in [1.29, 1.82) is 0 Å². The van der Waals surface area contributed by atoms with Crippen molar-refractivity contribution in [1.82, 2.24) is 10.6 Å². The first-order valence-electron chi connectivity index (χ1n) is 7.37. The van der Waals surface area contributed by atoms with E-state index in [9.17, 15) is 14.9 Å². The molecule has 1 heterocycles. The summed E-state index contributed by atoms with van der Waals surface area (Å²) in [5, 5.41) is 16.2. The van der Waals surface area contributed by atoms with E-state index in [0.29, 0.717) is 19.5 Å². The molecule has 1 atom stereocenters. The molecule has 1 aliphatic heterocycles. The zero-order valence-electron chi connectivity index (χ0n) is 12.6. The molecular weight excluding hydrogens is 286 g/mol. The Kier molecular flexibility index (Phi) is 5.32. The van der Waals surface area contributed by atoms with E-state index >= 15 is 0 Å². The van der Waals surface area contributed by atoms with Crippen LogP contribution in [0.4, 0.5) is 10.5 Å². The molecule has 0 aliphatic carbocycles. The number of hydrogen-bond acceptors (Lipinski definition) is 4. The molecule has 1 unspecified atom stereocenters. The largest absolute Gasteiger partial charge is 0.373 e. The smallest absolute Gasteiger partial charge is 0.314 e. The lowest BCUT2D eigenvalue weighted by Crippen LogP contribution is -2.44. The van der Waals surface area contributed by atoms with Crippen molar-refractivity contribution in [2.24, 2.45) is 0 Å². The summed E-state index contributed by atoms with van der Waals surface area (Å²) >= 11 is 0. The fourth-order valence-electron chi connectivity index (χ4n) is 2.45. The summed E-state index contributed by atoms with van der Waals surface area (Å²) in [6, 6.07) is 6.17. The van der Waals surface area contributed by atoms with Gasteiger partial charge in [0, 0.05) is 31.8 Å². The summed E-state index contributed by atoms with van der Waals surface area (Å²) in [5.74, 6) is 0. The quantitative estimate of drug-likeness (QED) is 0.621. The minimum absolute atomic E-state index is 0.0632. The standard InChI is InChI=1S/C15H21N3O4/c1-15(7-3-9-22-15)11-17-14(19)16-8-6-12-4-2-5-13(10-12)18(20)21/h2,4-5,10H,3,6-9,11H2,1H3,(H2,16,17,19). The highest BCUT2D eigenvalue weighted by Crippen LogP contribution is 2.23. The van der Waals surface area contributed by atoms with Crippen molar-refractivity contribution in [3.05, 3.63) is 39.9 Å². The molecule has 0 aromatic heterocycles. The zero-order chi connectivity index (χ0) is 16.0. The van der Waals surface area contributed by atoms with Gasteiger partial charge in [0.05, 0.1) is 10.5 Å². The van der Waals surface area contributed by atoms with Crippen LogP contribution >= 0.6 is 0 Å². The molecule has 7 nitrogen and oxygen atoms in total. The maximum absolute atomic E-state index is 11.7. The number of nitrogens with zero attached hydrogens (tertiary/aromatic N) is 1. The van der Waals surface area contributed by atoms with Gasteiger partial charge >= 0.3 is 6.03 Å². The van der Waals surface area contributed by atoms with Crippen LogP contribution in [0.1, 0.15) is 25.3 Å². The minimum Gasteiger partial charge on any atom is -0.373 e. The van der Waals surface area contributed by atoms with Gasteiger partial charge in [-0.1, -0.05) is 12.1 Å². The average Bonchev–Trinajstić information content (AvgIpc) is 2.93. The molecule has 1 aromatic rings. The Hall–Kier alpha value is -2.15. The van der Waals surface area contributed by atoms with Crippen LogP contribution in [0.5, 0.6) is 0 Å². The van der Waals surface area contributed by atoms with Gasteiger partial charge in [0.1, 0.15) is 0 Å². The van der Waals surface area contributed by atoms with Gasteiger partial charge in [0.25, 0.3) is 5.69 Å². The van der Waals surface area contributed by atoms with Gasteiger partial charge in [-0.05, 0) is 31.7 Å². The maximum Gasteiger partial charge on any atom is 0.314 e. The second-order valence-electron chi connectivity index (χ2n) is 5.69. The summed E-state index contributed by atoms with van der Waals surface area (Å²) in [6.07, 6.45) is 2.51. The molecule has 1 aliphatic rings. The summed E-state index contributed by atoms with van der Waals surface area (Å²) in [6.45, 7) is 3.64. The fourth-order valence-corrected chi connectivity index (χ4v) is 2.45. The van der Waals surface area contributed by atoms with Crippen LogP contribution in [0.3, 0.4) is 0 Å². The predicted molar refractivity (Wildman–Crippen MR) is 81.8 cm³/mol. The lowest BCUT2D eigenvalue weighted by atomic mass is 10.0. The molecule has 0 saturated carbocycles. The Labute approximate surface area is 129 Å². The second kappa shape index (κ2) is 7.22. The van der Waals surface area contributed by atoms with E-state index in [2.05, 4.69) is 10.6 Å². The van der Waals surface area contributed by atoms with Crippen LogP contribution in [0.2, 0.25) is 0 Å². The molecular formula is C15H21N3O4. The SMILES string of the molecule is CC1(CNC(=O)NCCc2cccc([N+](=O)[O-])c2)CCCO1. The first kappa shape index (κ1) is 16.2. The molecule has 1 saturated heterocycles. The van der Waals surface area contributed by atoms with E-state index in [0.717, 1.165) is 25.0 Å².